The van der Waals surface area contributed by atoms with Gasteiger partial charge in [0.1, 0.15) is 0 Å². The molecule has 0 atom stereocenters. The summed E-state index contributed by atoms with van der Waals surface area (Å²) in [4.78, 5) is 9.47. The van der Waals surface area contributed by atoms with Crippen LogP contribution in [0, 0.1) is 0 Å². The van der Waals surface area contributed by atoms with E-state index >= 15 is 0 Å². The molecule has 0 radical (unpaired) electrons. The van der Waals surface area contributed by atoms with Crippen LogP contribution in [0.5, 0.6) is 0 Å². The van der Waals surface area contributed by atoms with Gasteiger partial charge in [-0.3, -0.25) is 4.98 Å². The Balaban J connectivity index is 1.54. The van der Waals surface area contributed by atoms with Crippen LogP contribution < -0.4 is 5.32 Å². The topological polar surface area (TPSA) is 37.8 Å². The average Bonchev–Trinajstić information content (AvgIpc) is 2.86. The number of pyridine rings is 2. The molecule has 2 aromatic heterocycles. The maximum Gasteiger partial charge on any atom is 0.0730 e. The molecule has 0 aliphatic carbocycles. The van der Waals surface area contributed by atoms with E-state index in [1.807, 2.05) is 72.9 Å². The Hall–Kier alpha value is -4.24. The molecule has 3 heteroatoms. The lowest BCUT2D eigenvalue weighted by Crippen LogP contribution is -1.97. The molecular weight excluding hydrogens is 378 g/mol. The summed E-state index contributed by atoms with van der Waals surface area (Å²) in [6, 6.07) is 38.9. The number of nitrogens with one attached hydrogen (secondary N) is 1. The first kappa shape index (κ1) is 18.8. The summed E-state index contributed by atoms with van der Waals surface area (Å²) in [6.07, 6.45) is 1.82. The Morgan fingerprint density at radius 3 is 1.74 bits per heavy atom. The standard InChI is InChI=1S/C28H21N3/c1-2-11-21(12-3-1)24-18-10-19-28(30-24)23-14-5-7-17-27(23)31-26-16-6-4-13-22(26)25-15-8-9-20-29-25/h1-20,31H. The van der Waals surface area contributed by atoms with Gasteiger partial charge < -0.3 is 5.32 Å². The number of anilines is 2. The fourth-order valence-corrected chi connectivity index (χ4v) is 3.65. The summed E-state index contributed by atoms with van der Waals surface area (Å²) in [5, 5.41) is 3.62. The maximum absolute atomic E-state index is 4.94. The summed E-state index contributed by atoms with van der Waals surface area (Å²) >= 11 is 0. The minimum atomic E-state index is 0.930. The van der Waals surface area contributed by atoms with Crippen molar-refractivity contribution in [1.29, 1.82) is 0 Å². The molecule has 31 heavy (non-hydrogen) atoms. The highest BCUT2D eigenvalue weighted by Gasteiger charge is 2.11. The van der Waals surface area contributed by atoms with Crippen molar-refractivity contribution in [2.45, 2.75) is 0 Å². The van der Waals surface area contributed by atoms with Crippen molar-refractivity contribution in [2.24, 2.45) is 0 Å². The van der Waals surface area contributed by atoms with Crippen molar-refractivity contribution in [1.82, 2.24) is 9.97 Å². The molecule has 5 aromatic rings. The van der Waals surface area contributed by atoms with E-state index < -0.39 is 0 Å². The lowest BCUT2D eigenvalue weighted by atomic mass is 10.0. The van der Waals surface area contributed by atoms with E-state index in [0.717, 1.165) is 45.1 Å². The average molecular weight is 399 g/mol. The van der Waals surface area contributed by atoms with Crippen LogP contribution in [-0.2, 0) is 0 Å². The van der Waals surface area contributed by atoms with Gasteiger partial charge >= 0.3 is 0 Å². The maximum atomic E-state index is 4.94. The highest BCUT2D eigenvalue weighted by atomic mass is 14.9. The van der Waals surface area contributed by atoms with Crippen molar-refractivity contribution in [3.63, 3.8) is 0 Å². The number of hydrogen-bond donors (Lipinski definition) is 1. The number of para-hydroxylation sites is 2. The van der Waals surface area contributed by atoms with Gasteiger partial charge in [-0.2, -0.15) is 0 Å². The van der Waals surface area contributed by atoms with E-state index in [2.05, 4.69) is 58.8 Å². The Morgan fingerprint density at radius 1 is 0.452 bits per heavy atom. The molecule has 0 spiro atoms. The molecule has 0 aliphatic heterocycles. The van der Waals surface area contributed by atoms with Crippen molar-refractivity contribution in [2.75, 3.05) is 5.32 Å². The predicted octanol–water partition coefficient (Wildman–Crippen LogP) is 7.22. The number of aromatic nitrogens is 2. The number of hydrogen-bond acceptors (Lipinski definition) is 3. The third kappa shape index (κ3) is 4.07. The Labute approximate surface area is 182 Å². The first-order chi connectivity index (χ1) is 15.4. The molecule has 0 saturated carbocycles. The summed E-state index contributed by atoms with van der Waals surface area (Å²) in [5.41, 5.74) is 8.06. The van der Waals surface area contributed by atoms with Gasteiger partial charge in [-0.05, 0) is 36.4 Å². The Kier molecular flexibility index (Phi) is 5.23. The van der Waals surface area contributed by atoms with E-state index in [9.17, 15) is 0 Å². The van der Waals surface area contributed by atoms with Gasteiger partial charge in [0.25, 0.3) is 0 Å². The second-order valence-corrected chi connectivity index (χ2v) is 7.21. The second-order valence-electron chi connectivity index (χ2n) is 7.21. The van der Waals surface area contributed by atoms with E-state index in [1.165, 1.54) is 0 Å². The second kappa shape index (κ2) is 8.64. The monoisotopic (exact) mass is 399 g/mol. The summed E-state index contributed by atoms with van der Waals surface area (Å²) < 4.78 is 0. The first-order valence-electron chi connectivity index (χ1n) is 10.3. The quantitative estimate of drug-likeness (QED) is 0.339. The molecule has 148 valence electrons. The minimum Gasteiger partial charge on any atom is -0.354 e. The largest absolute Gasteiger partial charge is 0.354 e. The van der Waals surface area contributed by atoms with Gasteiger partial charge in [0.15, 0.2) is 0 Å². The normalized spacial score (nSPS) is 10.6. The van der Waals surface area contributed by atoms with Crippen LogP contribution in [0.3, 0.4) is 0 Å². The highest BCUT2D eigenvalue weighted by Crippen LogP contribution is 2.34. The Bertz CT molecular complexity index is 1300. The zero-order chi connectivity index (χ0) is 20.9. The molecule has 0 amide bonds. The van der Waals surface area contributed by atoms with Crippen LogP contribution in [0.2, 0.25) is 0 Å². The van der Waals surface area contributed by atoms with E-state index in [1.54, 1.807) is 0 Å². The molecule has 0 unspecified atom stereocenters. The third-order valence-corrected chi connectivity index (χ3v) is 5.16. The van der Waals surface area contributed by atoms with E-state index in [-0.39, 0.29) is 0 Å². The van der Waals surface area contributed by atoms with Crippen LogP contribution in [0.15, 0.2) is 121 Å². The van der Waals surface area contributed by atoms with Crippen LogP contribution in [-0.4, -0.2) is 9.97 Å². The van der Waals surface area contributed by atoms with Gasteiger partial charge in [0.2, 0.25) is 0 Å². The third-order valence-electron chi connectivity index (χ3n) is 5.16. The fraction of sp³-hybridized carbons (Fsp3) is 0. The van der Waals surface area contributed by atoms with Crippen molar-refractivity contribution in [3.05, 3.63) is 121 Å². The van der Waals surface area contributed by atoms with Gasteiger partial charge in [0.05, 0.1) is 17.1 Å². The molecular formula is C28H21N3. The smallest absolute Gasteiger partial charge is 0.0730 e. The number of rotatable bonds is 5. The molecule has 2 heterocycles. The molecule has 5 rings (SSSR count). The zero-order valence-electron chi connectivity index (χ0n) is 16.9. The summed E-state index contributed by atoms with van der Waals surface area (Å²) in [6.45, 7) is 0. The highest BCUT2D eigenvalue weighted by molar-refractivity contribution is 5.85. The lowest BCUT2D eigenvalue weighted by Gasteiger charge is -2.15. The van der Waals surface area contributed by atoms with Crippen LogP contribution >= 0.6 is 0 Å². The van der Waals surface area contributed by atoms with Crippen molar-refractivity contribution >= 4 is 11.4 Å². The number of benzene rings is 3. The molecule has 0 fully saturated rings. The zero-order valence-corrected chi connectivity index (χ0v) is 16.9. The van der Waals surface area contributed by atoms with Crippen LogP contribution in [0.25, 0.3) is 33.8 Å². The summed E-state index contributed by atoms with van der Waals surface area (Å²) in [7, 11) is 0. The van der Waals surface area contributed by atoms with Gasteiger partial charge in [-0.1, -0.05) is 78.9 Å². The summed E-state index contributed by atoms with van der Waals surface area (Å²) in [5.74, 6) is 0. The fourth-order valence-electron chi connectivity index (χ4n) is 3.65. The Morgan fingerprint density at radius 2 is 1.03 bits per heavy atom. The molecule has 1 N–H and O–H groups in total. The molecule has 3 aromatic carbocycles. The number of nitrogens with zero attached hydrogens (tertiary/aromatic N) is 2. The van der Waals surface area contributed by atoms with E-state index in [4.69, 9.17) is 4.98 Å². The van der Waals surface area contributed by atoms with Crippen molar-refractivity contribution in [3.8, 4) is 33.8 Å². The molecule has 0 bridgehead atoms. The lowest BCUT2D eigenvalue weighted by molar-refractivity contribution is 1.31. The van der Waals surface area contributed by atoms with E-state index in [0.29, 0.717) is 0 Å². The van der Waals surface area contributed by atoms with Gasteiger partial charge in [0, 0.05) is 34.3 Å². The first-order valence-corrected chi connectivity index (χ1v) is 10.3. The minimum absolute atomic E-state index is 0.930. The van der Waals surface area contributed by atoms with Crippen LogP contribution in [0.4, 0.5) is 11.4 Å². The predicted molar refractivity (Wildman–Crippen MR) is 128 cm³/mol. The molecule has 0 aliphatic rings. The molecule has 0 saturated heterocycles. The van der Waals surface area contributed by atoms with Gasteiger partial charge in [-0.15, -0.1) is 0 Å². The SMILES string of the molecule is c1ccc(-c2cccc(-c3ccccc3Nc3ccccc3-c3ccccn3)n2)cc1. The van der Waals surface area contributed by atoms with Gasteiger partial charge in [-0.25, -0.2) is 4.98 Å². The van der Waals surface area contributed by atoms with Crippen LogP contribution in [0.1, 0.15) is 0 Å². The molecule has 3 nitrogen and oxygen atoms in total. The van der Waals surface area contributed by atoms with Crippen molar-refractivity contribution < 1.29 is 0 Å².